The van der Waals surface area contributed by atoms with Gasteiger partial charge in [-0.2, -0.15) is 0 Å². The molecule has 0 saturated heterocycles. The van der Waals surface area contributed by atoms with Crippen LogP contribution < -0.4 is 11.5 Å². The Morgan fingerprint density at radius 3 is 0.694 bits per heavy atom. The first-order chi connectivity index (χ1) is 29.3. The fraction of sp³-hybridized carbons (Fsp3) is 0.433. The van der Waals surface area contributed by atoms with Crippen LogP contribution in [0.2, 0.25) is 0 Å². The Morgan fingerprint density at radius 1 is 0.306 bits per heavy atom. The van der Waals surface area contributed by atoms with E-state index in [4.69, 9.17) is 11.5 Å². The van der Waals surface area contributed by atoms with Crippen molar-refractivity contribution in [2.75, 3.05) is 0 Å². The first-order valence-corrected chi connectivity index (χ1v) is 23.9. The largest absolute Gasteiger partial charge is 0.398 e. The van der Waals surface area contributed by atoms with E-state index in [0.717, 1.165) is 35.4 Å². The molecule has 0 bridgehead atoms. The second-order valence-electron chi connectivity index (χ2n) is 20.8. The van der Waals surface area contributed by atoms with Gasteiger partial charge in [0.25, 0.3) is 0 Å². The fourth-order valence-electron chi connectivity index (χ4n) is 10.4. The highest BCUT2D eigenvalue weighted by molar-refractivity contribution is 5.96. The number of rotatable bonds is 12. The van der Waals surface area contributed by atoms with Gasteiger partial charge in [0.05, 0.1) is 0 Å². The van der Waals surface area contributed by atoms with Gasteiger partial charge in [0, 0.05) is 35.4 Å². The minimum atomic E-state index is 0.324. The molecule has 2 nitrogen and oxygen atoms in total. The van der Waals surface area contributed by atoms with E-state index in [1.807, 2.05) is 0 Å². The third-order valence-electron chi connectivity index (χ3n) is 13.6. The van der Waals surface area contributed by atoms with E-state index in [-0.39, 0.29) is 0 Å². The van der Waals surface area contributed by atoms with E-state index in [1.165, 1.54) is 89.1 Å². The summed E-state index contributed by atoms with van der Waals surface area (Å²) < 4.78 is 0. The molecule has 0 unspecified atom stereocenters. The van der Waals surface area contributed by atoms with Crippen molar-refractivity contribution in [2.45, 2.75) is 171 Å². The number of hydrogen-bond donors (Lipinski definition) is 2. The van der Waals surface area contributed by atoms with Crippen molar-refractivity contribution in [3.05, 3.63) is 174 Å². The van der Waals surface area contributed by atoms with Crippen molar-refractivity contribution in [2.24, 2.45) is 11.5 Å². The molecule has 0 heterocycles. The zero-order valence-electron chi connectivity index (χ0n) is 41.3. The lowest BCUT2D eigenvalue weighted by atomic mass is 9.72. The summed E-state index contributed by atoms with van der Waals surface area (Å²) in [5.41, 5.74) is 40.9. The summed E-state index contributed by atoms with van der Waals surface area (Å²) in [6.07, 6.45) is 6.41. The molecule has 0 amide bonds. The van der Waals surface area contributed by atoms with Crippen molar-refractivity contribution in [1.29, 1.82) is 0 Å². The molecule has 0 fully saturated rings. The normalized spacial score (nSPS) is 16.5. The van der Waals surface area contributed by atoms with Gasteiger partial charge in [-0.15, -0.1) is 0 Å². The van der Waals surface area contributed by atoms with Crippen LogP contribution in [-0.2, 0) is 0 Å². The molecule has 4 N–H and O–H groups in total. The predicted molar refractivity (Wildman–Crippen MR) is 273 cm³/mol. The molecular formula is C60H78N2. The summed E-state index contributed by atoms with van der Waals surface area (Å²) in [6, 6.07) is 27.7. The van der Waals surface area contributed by atoms with E-state index in [1.54, 1.807) is 0 Å². The van der Waals surface area contributed by atoms with Crippen LogP contribution in [0.15, 0.2) is 107 Å². The van der Waals surface area contributed by atoms with Crippen LogP contribution in [0.25, 0.3) is 22.3 Å². The summed E-state index contributed by atoms with van der Waals surface area (Å²) in [5.74, 6) is 2.70. The van der Waals surface area contributed by atoms with Gasteiger partial charge in [0.1, 0.15) is 0 Å². The van der Waals surface area contributed by atoms with Crippen LogP contribution >= 0.6 is 0 Å². The van der Waals surface area contributed by atoms with Crippen molar-refractivity contribution in [3.8, 4) is 0 Å². The molecule has 6 rings (SSSR count). The van der Waals surface area contributed by atoms with E-state index >= 15 is 0 Å². The summed E-state index contributed by atoms with van der Waals surface area (Å²) in [5, 5.41) is 0. The topological polar surface area (TPSA) is 52.0 Å². The fourth-order valence-corrected chi connectivity index (χ4v) is 10.4. The van der Waals surface area contributed by atoms with E-state index in [9.17, 15) is 0 Å². The number of nitrogens with two attached hydrogens (primary N) is 2. The maximum atomic E-state index is 7.87. The second kappa shape index (κ2) is 18.9. The molecule has 2 aliphatic rings. The molecule has 0 atom stereocenters. The van der Waals surface area contributed by atoms with Crippen LogP contribution in [0.1, 0.15) is 238 Å². The highest BCUT2D eigenvalue weighted by Gasteiger charge is 2.33. The second-order valence-corrected chi connectivity index (χ2v) is 20.8. The van der Waals surface area contributed by atoms with Gasteiger partial charge in [-0.25, -0.2) is 0 Å². The third kappa shape index (κ3) is 8.86. The van der Waals surface area contributed by atoms with Gasteiger partial charge in [0.15, 0.2) is 0 Å². The molecular weight excluding hydrogens is 749 g/mol. The van der Waals surface area contributed by atoms with Crippen LogP contribution in [0.5, 0.6) is 0 Å². The van der Waals surface area contributed by atoms with Gasteiger partial charge in [-0.1, -0.05) is 184 Å². The molecule has 0 aromatic heterocycles. The van der Waals surface area contributed by atoms with Crippen LogP contribution in [0.4, 0.5) is 0 Å². The zero-order chi connectivity index (χ0) is 45.5. The Morgan fingerprint density at radius 2 is 0.500 bits per heavy atom. The van der Waals surface area contributed by atoms with E-state index in [0.29, 0.717) is 47.3 Å². The zero-order valence-corrected chi connectivity index (χ0v) is 41.3. The van der Waals surface area contributed by atoms with Crippen molar-refractivity contribution in [1.82, 2.24) is 0 Å². The highest BCUT2D eigenvalue weighted by Crippen LogP contribution is 2.50. The van der Waals surface area contributed by atoms with Crippen molar-refractivity contribution in [3.63, 3.8) is 0 Å². The van der Waals surface area contributed by atoms with Gasteiger partial charge >= 0.3 is 0 Å². The van der Waals surface area contributed by atoms with E-state index < -0.39 is 0 Å². The summed E-state index contributed by atoms with van der Waals surface area (Å²) >= 11 is 0. The summed E-state index contributed by atoms with van der Waals surface area (Å²) in [4.78, 5) is 0. The number of hydrogen-bond acceptors (Lipinski definition) is 2. The first kappa shape index (κ1) is 46.7. The smallest absolute Gasteiger partial charge is 0.0436 e. The molecule has 328 valence electrons. The van der Waals surface area contributed by atoms with E-state index in [2.05, 4.69) is 196 Å². The number of benzene rings is 4. The standard InChI is InChI=1S/C60H78N2/c1-33(2)43-21-17-22-44(34(3)4)55(43)41-29-51(59(61)53(31-41)57-47(37(9)10)25-19-26-48(57)38(11)12)52-30-42(56-45(35(5)6)23-18-24-46(56)36(7)8)32-54(60(52)62)58-49(39(13)14)27-20-28-50(58)40(15)16/h17-30,33-40H,31-32,61-62H2,1-16H3/b52-51+. The maximum Gasteiger partial charge on any atom is 0.0436 e. The Balaban J connectivity index is 1.88. The summed E-state index contributed by atoms with van der Waals surface area (Å²) in [6.45, 7) is 37.3. The molecule has 0 radical (unpaired) electrons. The Kier molecular flexibility index (Phi) is 14.2. The highest BCUT2D eigenvalue weighted by atomic mass is 14.6. The minimum absolute atomic E-state index is 0.324. The Bertz CT molecular complexity index is 2200. The lowest BCUT2D eigenvalue weighted by molar-refractivity contribution is 0.821. The van der Waals surface area contributed by atoms with Gasteiger partial charge in [-0.3, -0.25) is 0 Å². The van der Waals surface area contributed by atoms with Crippen LogP contribution in [0, 0.1) is 0 Å². The lowest BCUT2D eigenvalue weighted by Crippen LogP contribution is -2.20. The molecule has 4 aromatic carbocycles. The Hall–Kier alpha value is -4.82. The van der Waals surface area contributed by atoms with Gasteiger partial charge < -0.3 is 11.5 Å². The first-order valence-electron chi connectivity index (χ1n) is 23.9. The molecule has 4 aromatic rings. The lowest BCUT2D eigenvalue weighted by Gasteiger charge is -2.33. The molecule has 0 spiro atoms. The SMILES string of the molecule is CC(C)c1cccc(C(C)C)c1C1=C/C(=C2/C=C(c3c(C(C)C)cccc3C(C)C)CC(c3c(C(C)C)cccc3C(C)C)=C2N)C(N)=C(c2c(C(C)C)cccc2C(C)C)C1. The van der Waals surface area contributed by atoms with Crippen molar-refractivity contribution >= 4 is 22.3 Å². The Labute approximate surface area is 377 Å². The molecule has 2 aliphatic carbocycles. The van der Waals surface area contributed by atoms with Crippen molar-refractivity contribution < 1.29 is 0 Å². The quantitative estimate of drug-likeness (QED) is 0.149. The average molecular weight is 827 g/mol. The maximum absolute atomic E-state index is 7.87. The van der Waals surface area contributed by atoms with Crippen LogP contribution in [-0.4, -0.2) is 0 Å². The number of allylic oxidation sites excluding steroid dienone is 6. The monoisotopic (exact) mass is 827 g/mol. The third-order valence-corrected chi connectivity index (χ3v) is 13.6. The van der Waals surface area contributed by atoms with Gasteiger partial charge in [-0.05, 0) is 149 Å². The molecule has 0 aliphatic heterocycles. The molecule has 0 saturated carbocycles. The molecule has 2 heteroatoms. The predicted octanol–water partition coefficient (Wildman–Crippen LogP) is 17.0. The minimum Gasteiger partial charge on any atom is -0.398 e. The van der Waals surface area contributed by atoms with Gasteiger partial charge in [0.2, 0.25) is 0 Å². The van der Waals surface area contributed by atoms with Crippen LogP contribution in [0.3, 0.4) is 0 Å². The summed E-state index contributed by atoms with van der Waals surface area (Å²) in [7, 11) is 0. The molecule has 62 heavy (non-hydrogen) atoms. The average Bonchev–Trinajstić information content (AvgIpc) is 3.22.